The van der Waals surface area contributed by atoms with Gasteiger partial charge in [0.05, 0.1) is 32.1 Å². The molecule has 0 saturated carbocycles. The van der Waals surface area contributed by atoms with E-state index in [2.05, 4.69) is 73.4 Å². The van der Waals surface area contributed by atoms with Gasteiger partial charge in [-0.3, -0.25) is 0 Å². The molecule has 3 N–H and O–H groups in total. The largest absolute Gasteiger partial charge is 0.497 e. The normalized spacial score (nSPS) is 21.4. The number of ether oxygens (including phenoxy) is 4. The molecule has 2 aromatic carbocycles. The molecule has 0 unspecified atom stereocenters. The van der Waals surface area contributed by atoms with Crippen molar-refractivity contribution >= 4 is 11.6 Å². The molecule has 0 amide bonds. The Kier molecular flexibility index (Phi) is 9.69. The summed E-state index contributed by atoms with van der Waals surface area (Å²) < 4.78 is 23.2. The number of hydrogen-bond donors (Lipinski definition) is 3. The van der Waals surface area contributed by atoms with E-state index in [0.29, 0.717) is 25.2 Å². The van der Waals surface area contributed by atoms with Crippen LogP contribution in [0, 0.1) is 0 Å². The molecule has 0 spiro atoms. The summed E-state index contributed by atoms with van der Waals surface area (Å²) in [6.07, 6.45) is 2.92. The van der Waals surface area contributed by atoms with Gasteiger partial charge in [0.1, 0.15) is 18.1 Å². The van der Waals surface area contributed by atoms with Crippen LogP contribution in [0.4, 0.5) is 11.6 Å². The van der Waals surface area contributed by atoms with Crippen molar-refractivity contribution < 1.29 is 18.9 Å². The van der Waals surface area contributed by atoms with Crippen LogP contribution in [0.3, 0.4) is 0 Å². The number of aromatic nitrogens is 4. The maximum Gasteiger partial charge on any atom is 0.240 e. The Hall–Kier alpha value is -3.41. The third kappa shape index (κ3) is 7.21. The van der Waals surface area contributed by atoms with Gasteiger partial charge >= 0.3 is 0 Å². The van der Waals surface area contributed by atoms with Gasteiger partial charge in [-0.15, -0.1) is 0 Å². The molecule has 0 bridgehead atoms. The Morgan fingerprint density at radius 1 is 1.18 bits per heavy atom. The van der Waals surface area contributed by atoms with Crippen LogP contribution in [0.5, 0.6) is 11.5 Å². The first-order chi connectivity index (χ1) is 19.6. The Bertz CT molecular complexity index is 1180. The zero-order valence-electron chi connectivity index (χ0n) is 23.6. The molecule has 40 heavy (non-hydrogen) atoms. The van der Waals surface area contributed by atoms with E-state index in [4.69, 9.17) is 18.9 Å². The van der Waals surface area contributed by atoms with Gasteiger partial charge in [-0.1, -0.05) is 23.3 Å². The van der Waals surface area contributed by atoms with E-state index in [1.807, 2.05) is 12.1 Å². The molecule has 3 aromatic rings. The van der Waals surface area contributed by atoms with Crippen LogP contribution in [0.15, 0.2) is 42.5 Å². The molecule has 11 heteroatoms. The summed E-state index contributed by atoms with van der Waals surface area (Å²) >= 11 is 0. The van der Waals surface area contributed by atoms with Crippen LogP contribution in [0.25, 0.3) is 0 Å². The second-order valence-corrected chi connectivity index (χ2v) is 10.6. The van der Waals surface area contributed by atoms with Gasteiger partial charge in [0.25, 0.3) is 0 Å². The van der Waals surface area contributed by atoms with Crippen molar-refractivity contribution in [3.05, 3.63) is 53.6 Å². The van der Waals surface area contributed by atoms with Crippen molar-refractivity contribution in [2.75, 3.05) is 57.3 Å². The topological polar surface area (TPSA) is 119 Å². The van der Waals surface area contributed by atoms with Crippen LogP contribution in [-0.4, -0.2) is 85.9 Å². The molecule has 216 valence electrons. The standard InChI is InChI=1S/C29H41N7O4/c1-20(31-29-32-34-35-33-29)15-23-17-25(22-6-8-24(38-3)9-7-22)28(18-30-23)40-19-21-5-10-27-26(16-21)36(12-14-39-27)11-4-13-37-2/h5-10,16,20,23,25,28,30H,4,11-15,17-19H2,1-3H3,(H2,31,32,33,34,35)/t20-,23+,25-,28+/m1/s1. The summed E-state index contributed by atoms with van der Waals surface area (Å²) in [6, 6.07) is 15.3. The third-order valence-electron chi connectivity index (χ3n) is 7.73. The van der Waals surface area contributed by atoms with Crippen LogP contribution in [-0.2, 0) is 16.1 Å². The van der Waals surface area contributed by atoms with Crippen molar-refractivity contribution in [2.24, 2.45) is 0 Å². The number of nitrogens with one attached hydrogen (secondary N) is 3. The average molecular weight is 552 g/mol. The number of H-pyrrole nitrogens is 1. The Morgan fingerprint density at radius 3 is 2.83 bits per heavy atom. The van der Waals surface area contributed by atoms with Crippen molar-refractivity contribution in [1.82, 2.24) is 25.9 Å². The highest BCUT2D eigenvalue weighted by atomic mass is 16.5. The van der Waals surface area contributed by atoms with E-state index in [-0.39, 0.29) is 18.1 Å². The van der Waals surface area contributed by atoms with Gasteiger partial charge in [-0.05, 0) is 72.0 Å². The predicted octanol–water partition coefficient (Wildman–Crippen LogP) is 3.37. The average Bonchev–Trinajstić information content (AvgIpc) is 3.49. The summed E-state index contributed by atoms with van der Waals surface area (Å²) in [4.78, 5) is 2.39. The minimum Gasteiger partial charge on any atom is -0.497 e. The molecule has 0 radical (unpaired) electrons. The van der Waals surface area contributed by atoms with E-state index in [1.165, 1.54) is 5.56 Å². The zero-order chi connectivity index (χ0) is 27.7. The van der Waals surface area contributed by atoms with Gasteiger partial charge in [0.15, 0.2) is 0 Å². The molecule has 3 heterocycles. The van der Waals surface area contributed by atoms with Gasteiger partial charge in [0.2, 0.25) is 5.95 Å². The molecular formula is C29H41N7O4. The predicted molar refractivity (Wildman–Crippen MR) is 153 cm³/mol. The molecule has 2 aliphatic rings. The highest BCUT2D eigenvalue weighted by Crippen LogP contribution is 2.35. The van der Waals surface area contributed by atoms with Crippen molar-refractivity contribution in [2.45, 2.75) is 56.9 Å². The number of anilines is 2. The summed E-state index contributed by atoms with van der Waals surface area (Å²) in [6.45, 7) is 6.75. The maximum absolute atomic E-state index is 6.64. The summed E-state index contributed by atoms with van der Waals surface area (Å²) in [5, 5.41) is 21.1. The molecule has 2 aliphatic heterocycles. The van der Waals surface area contributed by atoms with Crippen LogP contribution in [0.1, 0.15) is 43.2 Å². The van der Waals surface area contributed by atoms with Crippen LogP contribution in [0.2, 0.25) is 0 Å². The SMILES string of the molecule is COCCCN1CCOc2ccc(CO[C@H]3CN[C@@H](C[C@@H](C)Nc4nnn[nH]4)C[C@@H]3c3ccc(OC)cc3)cc21. The third-order valence-corrected chi connectivity index (χ3v) is 7.73. The van der Waals surface area contributed by atoms with E-state index < -0.39 is 0 Å². The summed E-state index contributed by atoms with van der Waals surface area (Å²) in [7, 11) is 3.44. The smallest absolute Gasteiger partial charge is 0.240 e. The Morgan fingerprint density at radius 2 is 2.05 bits per heavy atom. The first-order valence-electron chi connectivity index (χ1n) is 14.1. The monoisotopic (exact) mass is 551 g/mol. The number of hydrogen-bond acceptors (Lipinski definition) is 10. The minimum absolute atomic E-state index is 0.0384. The molecule has 1 fully saturated rings. The van der Waals surface area contributed by atoms with Crippen LogP contribution >= 0.6 is 0 Å². The van der Waals surface area contributed by atoms with Gasteiger partial charge in [-0.2, -0.15) is 0 Å². The number of tetrazole rings is 1. The van der Waals surface area contributed by atoms with E-state index in [0.717, 1.165) is 68.3 Å². The fraction of sp³-hybridized carbons (Fsp3) is 0.552. The Labute approximate surface area is 235 Å². The van der Waals surface area contributed by atoms with Gasteiger partial charge in [-0.25, -0.2) is 5.10 Å². The number of aromatic amines is 1. The quantitative estimate of drug-likeness (QED) is 0.273. The lowest BCUT2D eigenvalue weighted by molar-refractivity contribution is 0.00201. The molecule has 1 aromatic heterocycles. The van der Waals surface area contributed by atoms with E-state index >= 15 is 0 Å². The number of methoxy groups -OCH3 is 2. The van der Waals surface area contributed by atoms with Crippen molar-refractivity contribution in [3.8, 4) is 11.5 Å². The van der Waals surface area contributed by atoms with E-state index in [1.54, 1.807) is 14.2 Å². The molecule has 1 saturated heterocycles. The lowest BCUT2D eigenvalue weighted by atomic mass is 9.82. The second-order valence-electron chi connectivity index (χ2n) is 10.6. The number of piperidine rings is 1. The van der Waals surface area contributed by atoms with Gasteiger partial charge < -0.3 is 34.5 Å². The fourth-order valence-corrected chi connectivity index (χ4v) is 5.71. The van der Waals surface area contributed by atoms with E-state index in [9.17, 15) is 0 Å². The molecule has 4 atom stereocenters. The van der Waals surface area contributed by atoms with Gasteiger partial charge in [0, 0.05) is 44.8 Å². The minimum atomic E-state index is 0.0384. The van der Waals surface area contributed by atoms with Crippen molar-refractivity contribution in [3.63, 3.8) is 0 Å². The molecule has 0 aliphatic carbocycles. The van der Waals surface area contributed by atoms with Crippen molar-refractivity contribution in [1.29, 1.82) is 0 Å². The number of benzene rings is 2. The fourth-order valence-electron chi connectivity index (χ4n) is 5.71. The van der Waals surface area contributed by atoms with Crippen LogP contribution < -0.4 is 25.0 Å². The molecule has 5 rings (SSSR count). The Balaban J connectivity index is 1.25. The lowest BCUT2D eigenvalue weighted by Gasteiger charge is -2.38. The number of nitrogens with zero attached hydrogens (tertiary/aromatic N) is 4. The second kappa shape index (κ2) is 13.8. The number of rotatable bonds is 13. The maximum atomic E-state index is 6.64. The molecule has 11 nitrogen and oxygen atoms in total. The highest BCUT2D eigenvalue weighted by Gasteiger charge is 2.33. The molecular weight excluding hydrogens is 510 g/mol. The summed E-state index contributed by atoms with van der Waals surface area (Å²) in [5.74, 6) is 2.64. The first kappa shape index (κ1) is 28.1. The highest BCUT2D eigenvalue weighted by molar-refractivity contribution is 5.61. The zero-order valence-corrected chi connectivity index (χ0v) is 23.6. The number of fused-ring (bicyclic) bond motifs is 1. The first-order valence-corrected chi connectivity index (χ1v) is 14.1. The lowest BCUT2D eigenvalue weighted by Crippen LogP contribution is -2.48. The summed E-state index contributed by atoms with van der Waals surface area (Å²) in [5.41, 5.74) is 3.55.